The molecule has 0 bridgehead atoms. The highest BCUT2D eigenvalue weighted by Gasteiger charge is 2.27. The second-order valence-electron chi connectivity index (χ2n) is 5.52. The first-order valence-corrected chi connectivity index (χ1v) is 9.32. The third-order valence-corrected chi connectivity index (χ3v) is 5.74. The summed E-state index contributed by atoms with van der Waals surface area (Å²) in [6, 6.07) is 8.47. The molecule has 1 aliphatic carbocycles. The number of nitrogens with two attached hydrogens (primary N) is 1. The van der Waals surface area contributed by atoms with Crippen molar-refractivity contribution >= 4 is 9.84 Å². The Morgan fingerprint density at radius 2 is 2.00 bits per heavy atom. The van der Waals surface area contributed by atoms with Gasteiger partial charge in [-0.05, 0) is 31.1 Å². The van der Waals surface area contributed by atoms with Crippen LogP contribution >= 0.6 is 0 Å². The van der Waals surface area contributed by atoms with Crippen LogP contribution in [0, 0.1) is 0 Å². The van der Waals surface area contributed by atoms with Crippen molar-refractivity contribution in [2.24, 2.45) is 5.73 Å². The number of rotatable bonds is 5. The van der Waals surface area contributed by atoms with Crippen molar-refractivity contribution in [3.63, 3.8) is 0 Å². The van der Waals surface area contributed by atoms with Gasteiger partial charge in [0, 0.05) is 31.1 Å². The summed E-state index contributed by atoms with van der Waals surface area (Å²) in [6.45, 7) is 1.15. The monoisotopic (exact) mass is 344 g/mol. The molecule has 5 nitrogen and oxygen atoms in total. The van der Waals surface area contributed by atoms with E-state index in [1.807, 2.05) is 17.2 Å². The Balaban J connectivity index is 2.05. The molecule has 0 fully saturated rings. The van der Waals surface area contributed by atoms with Crippen molar-refractivity contribution in [3.8, 4) is 0 Å². The van der Waals surface area contributed by atoms with Crippen LogP contribution in [-0.4, -0.2) is 26.4 Å². The zero-order chi connectivity index (χ0) is 17.0. The maximum atomic E-state index is 13.0. The third kappa shape index (κ3) is 3.29. The summed E-state index contributed by atoms with van der Waals surface area (Å²) in [6.07, 6.45) is 10.1. The average Bonchev–Trinajstić information content (AvgIpc) is 2.63. The van der Waals surface area contributed by atoms with Gasteiger partial charge in [-0.15, -0.1) is 0 Å². The quantitative estimate of drug-likeness (QED) is 0.889. The molecule has 2 N–H and O–H groups in total. The molecule has 0 spiro atoms. The second kappa shape index (κ2) is 7.07. The summed E-state index contributed by atoms with van der Waals surface area (Å²) in [4.78, 5) is 2.49. The third-order valence-electron chi connectivity index (χ3n) is 3.89. The van der Waals surface area contributed by atoms with Crippen LogP contribution in [0.25, 0.3) is 0 Å². The van der Waals surface area contributed by atoms with E-state index >= 15 is 0 Å². The van der Waals surface area contributed by atoms with Crippen molar-refractivity contribution in [3.05, 3.63) is 77.4 Å². The second-order valence-corrected chi connectivity index (χ2v) is 7.44. The summed E-state index contributed by atoms with van der Waals surface area (Å²) in [5, 5.41) is 0. The van der Waals surface area contributed by atoms with E-state index in [-0.39, 0.29) is 4.90 Å². The van der Waals surface area contributed by atoms with Crippen molar-refractivity contribution in [1.29, 1.82) is 0 Å². The standard InChI is InChI=1S/C18H20N2O3S/c19-10-11-20-12-13-23-17(14-20)16-8-4-5-9-18(16)24(21,22)15-6-2-1-3-7-15/h1-3,5-7,9,12-14H,4,8,10-11,19H2. The maximum Gasteiger partial charge on any atom is 0.206 e. The van der Waals surface area contributed by atoms with Gasteiger partial charge in [-0.1, -0.05) is 24.3 Å². The van der Waals surface area contributed by atoms with Crippen LogP contribution in [0.15, 0.2) is 82.3 Å². The number of hydrogen-bond acceptors (Lipinski definition) is 5. The minimum atomic E-state index is -3.59. The zero-order valence-electron chi connectivity index (χ0n) is 13.3. The first-order chi connectivity index (χ1) is 11.6. The molecule has 0 unspecified atom stereocenters. The first kappa shape index (κ1) is 16.5. The number of benzene rings is 1. The molecule has 1 aromatic carbocycles. The van der Waals surface area contributed by atoms with Crippen molar-refractivity contribution in [2.45, 2.75) is 17.7 Å². The Hall–Kier alpha value is -2.31. The van der Waals surface area contributed by atoms with Gasteiger partial charge in [-0.3, -0.25) is 0 Å². The van der Waals surface area contributed by atoms with E-state index in [1.54, 1.807) is 48.9 Å². The lowest BCUT2D eigenvalue weighted by Crippen LogP contribution is -2.23. The molecule has 126 valence electrons. The number of hydrogen-bond donors (Lipinski definition) is 1. The summed E-state index contributed by atoms with van der Waals surface area (Å²) >= 11 is 0. The van der Waals surface area contributed by atoms with Crippen LogP contribution in [0.5, 0.6) is 0 Å². The van der Waals surface area contributed by atoms with E-state index in [4.69, 9.17) is 10.5 Å². The topological polar surface area (TPSA) is 72.6 Å². The van der Waals surface area contributed by atoms with E-state index in [9.17, 15) is 8.42 Å². The molecule has 1 aliphatic heterocycles. The van der Waals surface area contributed by atoms with E-state index < -0.39 is 9.84 Å². The summed E-state index contributed by atoms with van der Waals surface area (Å²) in [5.74, 6) is 0.560. The highest BCUT2D eigenvalue weighted by Crippen LogP contribution is 2.34. The lowest BCUT2D eigenvalue weighted by molar-refractivity contribution is 0.309. The number of ether oxygens (including phenoxy) is 1. The van der Waals surface area contributed by atoms with Crippen LogP contribution in [0.3, 0.4) is 0 Å². The smallest absolute Gasteiger partial charge is 0.206 e. The molecule has 0 atom stereocenters. The Morgan fingerprint density at radius 1 is 1.21 bits per heavy atom. The molecule has 1 aromatic rings. The van der Waals surface area contributed by atoms with Crippen molar-refractivity contribution < 1.29 is 13.2 Å². The van der Waals surface area contributed by atoms with Crippen molar-refractivity contribution in [2.75, 3.05) is 13.1 Å². The fraction of sp³-hybridized carbons (Fsp3) is 0.222. The fourth-order valence-electron chi connectivity index (χ4n) is 2.71. The first-order valence-electron chi connectivity index (χ1n) is 7.84. The Labute approximate surface area is 142 Å². The molecule has 6 heteroatoms. The van der Waals surface area contributed by atoms with E-state index in [1.165, 1.54) is 0 Å². The predicted molar refractivity (Wildman–Crippen MR) is 93.1 cm³/mol. The molecule has 0 radical (unpaired) electrons. The molecule has 0 saturated carbocycles. The van der Waals surface area contributed by atoms with Gasteiger partial charge in [0.15, 0.2) is 0 Å². The Kier molecular flexibility index (Phi) is 4.87. The molecule has 0 amide bonds. The van der Waals surface area contributed by atoms with Crippen LogP contribution in [0.1, 0.15) is 12.8 Å². The summed E-state index contributed by atoms with van der Waals surface area (Å²) in [5.41, 5.74) is 6.29. The van der Waals surface area contributed by atoms with Crippen LogP contribution < -0.4 is 5.73 Å². The largest absolute Gasteiger partial charge is 0.462 e. The SMILES string of the molecule is NCCN1C=COC(C2=C(S(=O)(=O)c3ccccc3)C=CCC2)=C1. The molecular formula is C18H20N2O3S. The molecule has 0 aromatic heterocycles. The van der Waals surface area contributed by atoms with E-state index in [2.05, 4.69) is 0 Å². The van der Waals surface area contributed by atoms with Crippen LogP contribution in [0.4, 0.5) is 0 Å². The molecular weight excluding hydrogens is 324 g/mol. The molecule has 0 saturated heterocycles. The zero-order valence-corrected chi connectivity index (χ0v) is 14.1. The Morgan fingerprint density at radius 3 is 2.75 bits per heavy atom. The van der Waals surface area contributed by atoms with Gasteiger partial charge >= 0.3 is 0 Å². The Bertz CT molecular complexity index is 821. The minimum absolute atomic E-state index is 0.287. The average molecular weight is 344 g/mol. The molecule has 3 rings (SSSR count). The van der Waals surface area contributed by atoms with Crippen LogP contribution in [-0.2, 0) is 14.6 Å². The predicted octanol–water partition coefficient (Wildman–Crippen LogP) is 2.67. The van der Waals surface area contributed by atoms with Gasteiger partial charge in [-0.2, -0.15) is 0 Å². The highest BCUT2D eigenvalue weighted by atomic mass is 32.2. The van der Waals surface area contributed by atoms with Crippen LogP contribution in [0.2, 0.25) is 0 Å². The minimum Gasteiger partial charge on any atom is -0.462 e. The van der Waals surface area contributed by atoms with Gasteiger partial charge in [0.25, 0.3) is 0 Å². The van der Waals surface area contributed by atoms with Gasteiger partial charge in [0.1, 0.15) is 12.0 Å². The molecule has 1 heterocycles. The molecule has 24 heavy (non-hydrogen) atoms. The number of nitrogens with zero attached hydrogens (tertiary/aromatic N) is 1. The lowest BCUT2D eigenvalue weighted by Gasteiger charge is -2.24. The van der Waals surface area contributed by atoms with Gasteiger partial charge in [0.05, 0.1) is 9.80 Å². The normalized spacial score (nSPS) is 17.7. The lowest BCUT2D eigenvalue weighted by atomic mass is 10.0. The van der Waals surface area contributed by atoms with Gasteiger partial charge < -0.3 is 15.4 Å². The van der Waals surface area contributed by atoms with Crippen molar-refractivity contribution in [1.82, 2.24) is 4.90 Å². The summed E-state index contributed by atoms with van der Waals surface area (Å²) in [7, 11) is -3.59. The van der Waals surface area contributed by atoms with E-state index in [0.717, 1.165) is 6.42 Å². The van der Waals surface area contributed by atoms with Gasteiger partial charge in [0.2, 0.25) is 9.84 Å². The number of sulfone groups is 1. The maximum absolute atomic E-state index is 13.0. The fourth-order valence-corrected chi connectivity index (χ4v) is 4.28. The highest BCUT2D eigenvalue weighted by molar-refractivity contribution is 7.95. The number of allylic oxidation sites excluding steroid dienone is 3. The summed E-state index contributed by atoms with van der Waals surface area (Å²) < 4.78 is 31.6. The van der Waals surface area contributed by atoms with Gasteiger partial charge in [-0.25, -0.2) is 8.42 Å². The molecule has 2 aliphatic rings. The van der Waals surface area contributed by atoms with E-state index in [0.29, 0.717) is 35.7 Å².